The lowest BCUT2D eigenvalue weighted by atomic mass is 10.8. The minimum Gasteiger partial charge on any atom is -0.375 e. The highest BCUT2D eigenvalue weighted by Gasteiger charge is 1.85. The standard InChI is InChI=1S/C4H6N4S/c5-4(9)7-8-3-1-2-6-8/h1-3H,(H3,5,7,9). The Morgan fingerprint density at radius 1 is 1.78 bits per heavy atom. The first-order valence-corrected chi connectivity index (χ1v) is 2.76. The maximum Gasteiger partial charge on any atom is 0.184 e. The third-order valence-corrected chi connectivity index (χ3v) is 0.820. The monoisotopic (exact) mass is 142 g/mol. The smallest absolute Gasteiger partial charge is 0.184 e. The van der Waals surface area contributed by atoms with Crippen LogP contribution in [-0.2, 0) is 0 Å². The molecule has 48 valence electrons. The zero-order valence-corrected chi connectivity index (χ0v) is 5.43. The fourth-order valence-electron chi connectivity index (χ4n) is 0.448. The summed E-state index contributed by atoms with van der Waals surface area (Å²) in [7, 11) is 0. The van der Waals surface area contributed by atoms with Gasteiger partial charge >= 0.3 is 0 Å². The second kappa shape index (κ2) is 2.45. The molecule has 4 nitrogen and oxygen atoms in total. The van der Waals surface area contributed by atoms with Crippen LogP contribution >= 0.6 is 12.2 Å². The second-order valence-corrected chi connectivity index (χ2v) is 1.87. The molecule has 0 radical (unpaired) electrons. The Labute approximate surface area is 57.6 Å². The van der Waals surface area contributed by atoms with Gasteiger partial charge in [-0.25, -0.2) is 0 Å². The zero-order valence-electron chi connectivity index (χ0n) is 4.61. The summed E-state index contributed by atoms with van der Waals surface area (Å²) in [6.45, 7) is 0. The van der Waals surface area contributed by atoms with Gasteiger partial charge in [-0.3, -0.25) is 5.43 Å². The van der Waals surface area contributed by atoms with E-state index >= 15 is 0 Å². The van der Waals surface area contributed by atoms with E-state index in [9.17, 15) is 0 Å². The van der Waals surface area contributed by atoms with E-state index in [1.807, 2.05) is 0 Å². The van der Waals surface area contributed by atoms with Crippen LogP contribution in [0.5, 0.6) is 0 Å². The molecule has 0 aromatic carbocycles. The van der Waals surface area contributed by atoms with Crippen molar-refractivity contribution in [2.24, 2.45) is 5.73 Å². The van der Waals surface area contributed by atoms with Crippen molar-refractivity contribution in [3.05, 3.63) is 18.5 Å². The highest BCUT2D eigenvalue weighted by atomic mass is 32.1. The van der Waals surface area contributed by atoms with Crippen LogP contribution in [0.2, 0.25) is 0 Å². The van der Waals surface area contributed by atoms with Crippen molar-refractivity contribution >= 4 is 17.3 Å². The number of hydrogen-bond donors (Lipinski definition) is 2. The Bertz CT molecular complexity index is 192. The van der Waals surface area contributed by atoms with Gasteiger partial charge in [-0.05, 0) is 18.3 Å². The van der Waals surface area contributed by atoms with Gasteiger partial charge in [0.2, 0.25) is 0 Å². The van der Waals surface area contributed by atoms with E-state index in [1.54, 1.807) is 18.5 Å². The molecule has 0 aliphatic heterocycles. The average Bonchev–Trinajstić information content (AvgIpc) is 2.15. The van der Waals surface area contributed by atoms with Gasteiger partial charge in [-0.2, -0.15) is 9.89 Å². The number of nitrogens with one attached hydrogen (secondary N) is 1. The molecule has 0 bridgehead atoms. The molecule has 0 saturated heterocycles. The van der Waals surface area contributed by atoms with Gasteiger partial charge < -0.3 is 5.73 Å². The number of rotatable bonds is 1. The first kappa shape index (κ1) is 6.03. The normalized spacial score (nSPS) is 8.89. The molecule has 1 aromatic heterocycles. The molecule has 0 saturated carbocycles. The summed E-state index contributed by atoms with van der Waals surface area (Å²) in [5.74, 6) is 0. The lowest BCUT2D eigenvalue weighted by molar-refractivity contribution is 0.816. The third-order valence-electron chi connectivity index (χ3n) is 0.729. The molecule has 0 atom stereocenters. The summed E-state index contributed by atoms with van der Waals surface area (Å²) in [4.78, 5) is 1.43. The molecule has 0 fully saturated rings. The SMILES string of the molecule is NC(=S)Nn1cccn1. The van der Waals surface area contributed by atoms with E-state index in [-0.39, 0.29) is 5.11 Å². The molecular formula is C4H6N4S. The lowest BCUT2D eigenvalue weighted by Gasteiger charge is -1.99. The van der Waals surface area contributed by atoms with Crippen molar-refractivity contribution in [1.82, 2.24) is 9.89 Å². The zero-order chi connectivity index (χ0) is 6.69. The van der Waals surface area contributed by atoms with E-state index in [4.69, 9.17) is 5.73 Å². The maximum atomic E-state index is 5.14. The van der Waals surface area contributed by atoms with Crippen molar-refractivity contribution in [2.75, 3.05) is 5.43 Å². The van der Waals surface area contributed by atoms with E-state index in [0.717, 1.165) is 0 Å². The van der Waals surface area contributed by atoms with Crippen LogP contribution in [0, 0.1) is 0 Å². The molecule has 9 heavy (non-hydrogen) atoms. The van der Waals surface area contributed by atoms with Gasteiger partial charge in [0.05, 0.1) is 6.20 Å². The number of nitrogens with zero attached hydrogens (tertiary/aromatic N) is 2. The van der Waals surface area contributed by atoms with Crippen LogP contribution in [-0.4, -0.2) is 15.0 Å². The van der Waals surface area contributed by atoms with Crippen LogP contribution in [0.1, 0.15) is 0 Å². The van der Waals surface area contributed by atoms with Gasteiger partial charge in [-0.15, -0.1) is 0 Å². The third kappa shape index (κ3) is 1.69. The summed E-state index contributed by atoms with van der Waals surface area (Å²) < 4.78 is 0. The molecule has 5 heteroatoms. The van der Waals surface area contributed by atoms with Crippen molar-refractivity contribution < 1.29 is 0 Å². The van der Waals surface area contributed by atoms with Gasteiger partial charge in [-0.1, -0.05) is 0 Å². The highest BCUT2D eigenvalue weighted by molar-refractivity contribution is 7.80. The van der Waals surface area contributed by atoms with E-state index in [0.29, 0.717) is 0 Å². The largest absolute Gasteiger partial charge is 0.375 e. The van der Waals surface area contributed by atoms with E-state index < -0.39 is 0 Å². The first-order valence-electron chi connectivity index (χ1n) is 2.35. The molecular weight excluding hydrogens is 136 g/mol. The topological polar surface area (TPSA) is 55.9 Å². The highest BCUT2D eigenvalue weighted by Crippen LogP contribution is 1.76. The minimum absolute atomic E-state index is 0.207. The number of thiocarbonyl (C=S) groups is 1. The molecule has 0 spiro atoms. The van der Waals surface area contributed by atoms with Crippen molar-refractivity contribution in [2.45, 2.75) is 0 Å². The summed E-state index contributed by atoms with van der Waals surface area (Å²) in [5, 5.41) is 4.00. The Morgan fingerprint density at radius 2 is 2.56 bits per heavy atom. The number of aromatic nitrogens is 2. The summed E-state index contributed by atoms with van der Waals surface area (Å²) in [6, 6.07) is 1.77. The van der Waals surface area contributed by atoms with Gasteiger partial charge in [0.25, 0.3) is 0 Å². The molecule has 1 aromatic rings. The van der Waals surface area contributed by atoms with Crippen LogP contribution in [0.3, 0.4) is 0 Å². The number of nitrogens with two attached hydrogens (primary N) is 1. The Kier molecular flexibility index (Phi) is 1.64. The number of hydrogen-bond acceptors (Lipinski definition) is 2. The molecule has 0 amide bonds. The van der Waals surface area contributed by atoms with Crippen LogP contribution in [0.15, 0.2) is 18.5 Å². The van der Waals surface area contributed by atoms with Crippen LogP contribution < -0.4 is 11.2 Å². The minimum atomic E-state index is 0.207. The fraction of sp³-hybridized carbons (Fsp3) is 0. The molecule has 1 rings (SSSR count). The Hall–Kier alpha value is -1.10. The van der Waals surface area contributed by atoms with Gasteiger partial charge in [0.1, 0.15) is 0 Å². The van der Waals surface area contributed by atoms with Crippen molar-refractivity contribution in [1.29, 1.82) is 0 Å². The van der Waals surface area contributed by atoms with Crippen LogP contribution in [0.4, 0.5) is 0 Å². The maximum absolute atomic E-state index is 5.14. The van der Waals surface area contributed by atoms with Crippen LogP contribution in [0.25, 0.3) is 0 Å². The molecule has 1 heterocycles. The summed E-state index contributed by atoms with van der Waals surface area (Å²) >= 11 is 4.55. The second-order valence-electron chi connectivity index (χ2n) is 1.43. The summed E-state index contributed by atoms with van der Waals surface area (Å²) in [5.41, 5.74) is 7.74. The van der Waals surface area contributed by atoms with E-state index in [2.05, 4.69) is 22.7 Å². The summed E-state index contributed by atoms with van der Waals surface area (Å²) in [6.07, 6.45) is 3.34. The Balaban J connectivity index is 2.58. The lowest BCUT2D eigenvalue weighted by Crippen LogP contribution is -2.27. The molecule has 0 aliphatic carbocycles. The molecule has 3 N–H and O–H groups in total. The Morgan fingerprint density at radius 3 is 3.00 bits per heavy atom. The van der Waals surface area contributed by atoms with Gasteiger partial charge in [0, 0.05) is 6.20 Å². The quantitative estimate of drug-likeness (QED) is 0.527. The predicted molar refractivity (Wildman–Crippen MR) is 38.4 cm³/mol. The van der Waals surface area contributed by atoms with Crippen molar-refractivity contribution in [3.8, 4) is 0 Å². The van der Waals surface area contributed by atoms with Crippen molar-refractivity contribution in [3.63, 3.8) is 0 Å². The molecule has 0 aliphatic rings. The average molecular weight is 142 g/mol. The molecule has 0 unspecified atom stereocenters. The van der Waals surface area contributed by atoms with Gasteiger partial charge in [0.15, 0.2) is 5.11 Å². The fourth-order valence-corrected chi connectivity index (χ4v) is 0.541. The predicted octanol–water partition coefficient (Wildman–Crippen LogP) is -0.330. The van der Waals surface area contributed by atoms with E-state index in [1.165, 1.54) is 4.79 Å². The first-order chi connectivity index (χ1) is 4.29.